The Balaban J connectivity index is 3.55. The lowest BCUT2D eigenvalue weighted by Crippen LogP contribution is -2.03. The summed E-state index contributed by atoms with van der Waals surface area (Å²) in [6.45, 7) is 1.91. The summed E-state index contributed by atoms with van der Waals surface area (Å²) in [5.41, 5.74) is -0.394. The standard InChI is InChI=1S/C8H7ClINO5S/c1-2-16-5-3-4-6(17(9,14)15)7(10)8(5)11(12)13/h3-4H,2H2,1H3. The van der Waals surface area contributed by atoms with E-state index < -0.39 is 19.7 Å². The van der Waals surface area contributed by atoms with E-state index >= 15 is 0 Å². The molecule has 94 valence electrons. The van der Waals surface area contributed by atoms with Crippen molar-refractivity contribution >= 4 is 48.0 Å². The third kappa shape index (κ3) is 3.19. The molecule has 1 aromatic carbocycles. The molecule has 0 aliphatic rings. The molecule has 6 nitrogen and oxygen atoms in total. The average molecular weight is 392 g/mol. The van der Waals surface area contributed by atoms with Crippen LogP contribution in [0, 0.1) is 13.7 Å². The molecule has 9 heteroatoms. The highest BCUT2D eigenvalue weighted by Gasteiger charge is 2.27. The van der Waals surface area contributed by atoms with Crippen LogP contribution in [0.3, 0.4) is 0 Å². The Morgan fingerprint density at radius 2 is 2.12 bits per heavy atom. The Morgan fingerprint density at radius 3 is 2.53 bits per heavy atom. The fraction of sp³-hybridized carbons (Fsp3) is 0.250. The minimum atomic E-state index is -4.02. The monoisotopic (exact) mass is 391 g/mol. The van der Waals surface area contributed by atoms with Crippen LogP contribution in [0.1, 0.15) is 6.92 Å². The first-order valence-corrected chi connectivity index (χ1v) is 7.72. The number of halogens is 2. The Labute approximate surface area is 116 Å². The summed E-state index contributed by atoms with van der Waals surface area (Å²) in [4.78, 5) is 9.89. The second-order valence-corrected chi connectivity index (χ2v) is 6.47. The van der Waals surface area contributed by atoms with Gasteiger partial charge in [0.1, 0.15) is 8.47 Å². The van der Waals surface area contributed by atoms with Gasteiger partial charge in [0.15, 0.2) is 5.75 Å². The highest BCUT2D eigenvalue weighted by molar-refractivity contribution is 14.1. The van der Waals surface area contributed by atoms with Gasteiger partial charge in [0, 0.05) is 10.7 Å². The van der Waals surface area contributed by atoms with E-state index in [-0.39, 0.29) is 20.8 Å². The van der Waals surface area contributed by atoms with Gasteiger partial charge in [-0.25, -0.2) is 8.42 Å². The maximum absolute atomic E-state index is 11.2. The van der Waals surface area contributed by atoms with Gasteiger partial charge in [0.05, 0.1) is 11.5 Å². The van der Waals surface area contributed by atoms with E-state index in [0.29, 0.717) is 0 Å². The molecular weight excluding hydrogens is 385 g/mol. The molecular formula is C8H7ClINO5S. The van der Waals surface area contributed by atoms with Crippen molar-refractivity contribution in [3.8, 4) is 5.75 Å². The van der Waals surface area contributed by atoms with E-state index in [0.717, 1.165) is 0 Å². The van der Waals surface area contributed by atoms with Gasteiger partial charge in [-0.1, -0.05) is 0 Å². The zero-order chi connectivity index (χ0) is 13.2. The van der Waals surface area contributed by atoms with Crippen LogP contribution in [-0.4, -0.2) is 19.9 Å². The van der Waals surface area contributed by atoms with Gasteiger partial charge in [-0.3, -0.25) is 10.1 Å². The van der Waals surface area contributed by atoms with Crippen molar-refractivity contribution in [3.05, 3.63) is 25.8 Å². The summed E-state index contributed by atoms with van der Waals surface area (Å²) in [6, 6.07) is 2.40. The number of nitro groups is 1. The van der Waals surface area contributed by atoms with Crippen LogP contribution >= 0.6 is 33.3 Å². The zero-order valence-electron chi connectivity index (χ0n) is 8.51. The van der Waals surface area contributed by atoms with E-state index in [4.69, 9.17) is 15.4 Å². The molecule has 0 radical (unpaired) electrons. The number of rotatable bonds is 4. The predicted molar refractivity (Wildman–Crippen MR) is 70.0 cm³/mol. The molecule has 0 bridgehead atoms. The van der Waals surface area contributed by atoms with Gasteiger partial charge in [0.2, 0.25) is 0 Å². The van der Waals surface area contributed by atoms with Crippen molar-refractivity contribution in [2.45, 2.75) is 11.8 Å². The number of ether oxygens (including phenoxy) is 1. The van der Waals surface area contributed by atoms with Crippen molar-refractivity contribution in [1.29, 1.82) is 0 Å². The van der Waals surface area contributed by atoms with E-state index in [2.05, 4.69) is 0 Å². The van der Waals surface area contributed by atoms with Crippen molar-refractivity contribution < 1.29 is 18.1 Å². The lowest BCUT2D eigenvalue weighted by Gasteiger charge is -2.07. The van der Waals surface area contributed by atoms with Crippen molar-refractivity contribution in [2.75, 3.05) is 6.61 Å². The first kappa shape index (κ1) is 14.5. The fourth-order valence-corrected chi connectivity index (χ4v) is 3.99. The molecule has 17 heavy (non-hydrogen) atoms. The first-order valence-electron chi connectivity index (χ1n) is 4.33. The molecule has 0 aliphatic carbocycles. The van der Waals surface area contributed by atoms with Gasteiger partial charge < -0.3 is 4.74 Å². The molecule has 0 N–H and O–H groups in total. The van der Waals surface area contributed by atoms with Gasteiger partial charge in [0.25, 0.3) is 9.05 Å². The second kappa shape index (κ2) is 5.36. The lowest BCUT2D eigenvalue weighted by molar-refractivity contribution is -0.387. The number of hydrogen-bond donors (Lipinski definition) is 0. The minimum absolute atomic E-state index is 0.0194. The van der Waals surface area contributed by atoms with Crippen LogP contribution in [0.15, 0.2) is 17.0 Å². The summed E-state index contributed by atoms with van der Waals surface area (Å²) >= 11 is 1.56. The fourth-order valence-electron chi connectivity index (χ4n) is 1.16. The molecule has 0 amide bonds. The third-order valence-corrected chi connectivity index (χ3v) is 4.61. The van der Waals surface area contributed by atoms with Crippen LogP contribution in [0.4, 0.5) is 5.69 Å². The van der Waals surface area contributed by atoms with Crippen LogP contribution in [0.2, 0.25) is 0 Å². The highest BCUT2D eigenvalue weighted by Crippen LogP contribution is 2.37. The van der Waals surface area contributed by atoms with Crippen LogP contribution in [0.25, 0.3) is 0 Å². The maximum atomic E-state index is 11.2. The summed E-state index contributed by atoms with van der Waals surface area (Å²) < 4.78 is 27.4. The van der Waals surface area contributed by atoms with E-state index in [1.165, 1.54) is 12.1 Å². The lowest BCUT2D eigenvalue weighted by atomic mass is 10.3. The maximum Gasteiger partial charge on any atom is 0.325 e. The molecule has 1 aromatic rings. The van der Waals surface area contributed by atoms with E-state index in [1.807, 2.05) is 0 Å². The summed E-state index contributed by atoms with van der Waals surface area (Å²) in [5, 5.41) is 10.9. The van der Waals surface area contributed by atoms with Crippen LogP contribution in [0.5, 0.6) is 5.75 Å². The Kier molecular flexibility index (Phi) is 4.55. The Morgan fingerprint density at radius 1 is 1.53 bits per heavy atom. The molecule has 0 atom stereocenters. The number of hydrogen-bond acceptors (Lipinski definition) is 5. The normalized spacial score (nSPS) is 11.2. The zero-order valence-corrected chi connectivity index (χ0v) is 12.2. The molecule has 0 spiro atoms. The van der Waals surface area contributed by atoms with Gasteiger partial charge in [-0.2, -0.15) is 0 Å². The molecule has 0 unspecified atom stereocenters. The molecule has 0 saturated heterocycles. The smallest absolute Gasteiger partial charge is 0.325 e. The highest BCUT2D eigenvalue weighted by atomic mass is 127. The molecule has 0 aliphatic heterocycles. The number of nitrogens with zero attached hydrogens (tertiary/aromatic N) is 1. The van der Waals surface area contributed by atoms with Crippen LogP contribution < -0.4 is 4.74 Å². The molecule has 0 saturated carbocycles. The van der Waals surface area contributed by atoms with Gasteiger partial charge >= 0.3 is 5.69 Å². The van der Waals surface area contributed by atoms with Crippen LogP contribution in [-0.2, 0) is 9.05 Å². The molecule has 0 heterocycles. The third-order valence-electron chi connectivity index (χ3n) is 1.79. The summed E-state index contributed by atoms with van der Waals surface area (Å²) in [7, 11) is 1.16. The average Bonchev–Trinajstić information content (AvgIpc) is 2.15. The molecule has 1 rings (SSSR count). The Bertz CT molecular complexity index is 559. The predicted octanol–water partition coefficient (Wildman–Crippen LogP) is 2.53. The molecule has 0 fully saturated rings. The van der Waals surface area contributed by atoms with E-state index in [1.54, 1.807) is 29.5 Å². The van der Waals surface area contributed by atoms with E-state index in [9.17, 15) is 18.5 Å². The number of benzene rings is 1. The van der Waals surface area contributed by atoms with Gasteiger partial charge in [-0.15, -0.1) is 0 Å². The minimum Gasteiger partial charge on any atom is -0.487 e. The summed E-state index contributed by atoms with van der Waals surface area (Å²) in [5.74, 6) is 0.0194. The quantitative estimate of drug-likeness (QED) is 0.341. The van der Waals surface area contributed by atoms with Gasteiger partial charge in [-0.05, 0) is 41.6 Å². The first-order chi connectivity index (χ1) is 7.79. The molecule has 0 aromatic heterocycles. The SMILES string of the molecule is CCOc1ccc(S(=O)(=O)Cl)c(I)c1[N+](=O)[O-]. The second-order valence-electron chi connectivity index (χ2n) is 2.85. The van der Waals surface area contributed by atoms with Crippen molar-refractivity contribution in [2.24, 2.45) is 0 Å². The van der Waals surface area contributed by atoms with Crippen molar-refractivity contribution in [3.63, 3.8) is 0 Å². The largest absolute Gasteiger partial charge is 0.487 e. The Hall–Kier alpha value is -0.610. The van der Waals surface area contributed by atoms with Crippen molar-refractivity contribution in [1.82, 2.24) is 0 Å². The summed E-state index contributed by atoms with van der Waals surface area (Å²) in [6.07, 6.45) is 0. The topological polar surface area (TPSA) is 86.5 Å². The number of nitro benzene ring substituents is 1.